The van der Waals surface area contributed by atoms with Crippen LogP contribution in [0.2, 0.25) is 0 Å². The number of nitrogens with one attached hydrogen (secondary N) is 2. The summed E-state index contributed by atoms with van der Waals surface area (Å²) in [6.45, 7) is -0.362. The van der Waals surface area contributed by atoms with E-state index in [1.54, 1.807) is 21.5 Å². The van der Waals surface area contributed by atoms with Crippen LogP contribution in [-0.2, 0) is 6.42 Å². The van der Waals surface area contributed by atoms with E-state index in [0.717, 1.165) is 12.1 Å². The molecule has 3 amide bonds. The van der Waals surface area contributed by atoms with Gasteiger partial charge in [-0.1, -0.05) is 0 Å². The Morgan fingerprint density at radius 1 is 0.745 bits per heavy atom. The molecule has 2 aromatic carbocycles. The second kappa shape index (κ2) is 14.4. The molecule has 4 heterocycles. The first kappa shape index (κ1) is 33.5. The lowest BCUT2D eigenvalue weighted by Gasteiger charge is -2.14. The highest BCUT2D eigenvalue weighted by molar-refractivity contribution is 6.08. The second-order valence-corrected chi connectivity index (χ2v) is 10.5. The first-order valence-electron chi connectivity index (χ1n) is 14.7. The Balaban J connectivity index is 1.16. The van der Waals surface area contributed by atoms with Crippen molar-refractivity contribution in [1.82, 2.24) is 39.5 Å². The van der Waals surface area contributed by atoms with Gasteiger partial charge in [-0.2, -0.15) is 0 Å². The van der Waals surface area contributed by atoms with Crippen LogP contribution >= 0.6 is 0 Å². The van der Waals surface area contributed by atoms with Crippen molar-refractivity contribution < 1.29 is 37.8 Å². The molecule has 0 bridgehead atoms. The molecule has 6 rings (SSSR count). The Hall–Kier alpha value is -7.44. The van der Waals surface area contributed by atoms with Crippen LogP contribution in [0.1, 0.15) is 47.3 Å². The van der Waals surface area contributed by atoms with Crippen LogP contribution in [0.3, 0.4) is 0 Å². The first-order valence-corrected chi connectivity index (χ1v) is 14.7. The molecule has 4 aromatic heterocycles. The van der Waals surface area contributed by atoms with Crippen molar-refractivity contribution in [3.05, 3.63) is 126 Å². The van der Waals surface area contributed by atoms with Crippen LogP contribution < -0.4 is 21.1 Å². The van der Waals surface area contributed by atoms with Crippen molar-refractivity contribution in [1.29, 1.82) is 0 Å². The second-order valence-electron chi connectivity index (χ2n) is 10.5. The highest BCUT2D eigenvalue weighted by Crippen LogP contribution is 2.28. The maximum absolute atomic E-state index is 15.0. The van der Waals surface area contributed by atoms with Crippen molar-refractivity contribution in [3.8, 4) is 17.4 Å². The van der Waals surface area contributed by atoms with Crippen molar-refractivity contribution in [2.75, 3.05) is 17.2 Å². The van der Waals surface area contributed by atoms with E-state index in [0.29, 0.717) is 17.7 Å². The SMILES string of the molecule is NC(=O)c1cc(F)c(CCOc2cc(NC(=O)c3ccc(-n4ccnc4)nn3)c(C(=O)O)cc2F)cc1NC(=O)c1ccc(-n2ccnc2)nn1. The zero-order valence-electron chi connectivity index (χ0n) is 25.9. The summed E-state index contributed by atoms with van der Waals surface area (Å²) >= 11 is 0. The highest BCUT2D eigenvalue weighted by Gasteiger charge is 2.21. The molecule has 0 radical (unpaired) electrons. The zero-order chi connectivity index (χ0) is 36.1. The average molecular weight is 696 g/mol. The minimum Gasteiger partial charge on any atom is -0.490 e. The summed E-state index contributed by atoms with van der Waals surface area (Å²) in [5.74, 6) is -5.83. The summed E-state index contributed by atoms with van der Waals surface area (Å²) in [5, 5.41) is 30.1. The number of carboxylic acid groups (broad SMARTS) is 1. The molecule has 0 aliphatic rings. The van der Waals surface area contributed by atoms with Gasteiger partial charge >= 0.3 is 5.97 Å². The number of nitrogens with zero attached hydrogens (tertiary/aromatic N) is 8. The van der Waals surface area contributed by atoms with Gasteiger partial charge in [0, 0.05) is 37.3 Å². The van der Waals surface area contributed by atoms with E-state index in [2.05, 4.69) is 41.0 Å². The number of hydrogen-bond donors (Lipinski definition) is 4. The van der Waals surface area contributed by atoms with Crippen LogP contribution in [0, 0.1) is 11.6 Å². The fourth-order valence-electron chi connectivity index (χ4n) is 4.66. The maximum atomic E-state index is 15.0. The number of carbonyl (C=O) groups excluding carboxylic acids is 3. The van der Waals surface area contributed by atoms with E-state index >= 15 is 4.39 Å². The number of aromatic carboxylic acids is 1. The number of halogens is 2. The van der Waals surface area contributed by atoms with E-state index < -0.39 is 46.6 Å². The van der Waals surface area contributed by atoms with Crippen LogP contribution in [0.15, 0.2) is 86.0 Å². The number of benzene rings is 2. The van der Waals surface area contributed by atoms with Gasteiger partial charge < -0.3 is 26.2 Å². The number of aromatic nitrogens is 8. The lowest BCUT2D eigenvalue weighted by Crippen LogP contribution is -2.20. The monoisotopic (exact) mass is 695 g/mol. The quantitative estimate of drug-likeness (QED) is 0.145. The molecule has 0 unspecified atom stereocenters. The Bertz CT molecular complexity index is 2090. The number of carboxylic acids is 1. The lowest BCUT2D eigenvalue weighted by atomic mass is 10.0. The largest absolute Gasteiger partial charge is 0.490 e. The van der Waals surface area contributed by atoms with Crippen LogP contribution in [-0.4, -0.2) is 74.9 Å². The average Bonchev–Trinajstić information content (AvgIpc) is 3.86. The Labute approximate surface area is 284 Å². The van der Waals surface area contributed by atoms with E-state index in [1.165, 1.54) is 55.4 Å². The van der Waals surface area contributed by atoms with Gasteiger partial charge in [-0.15, -0.1) is 20.4 Å². The fraction of sp³-hybridized carbons (Fsp3) is 0.0625. The number of hydrogen-bond acceptors (Lipinski definition) is 11. The molecule has 0 aliphatic heterocycles. The minimum atomic E-state index is -1.54. The molecule has 19 heteroatoms. The van der Waals surface area contributed by atoms with Crippen molar-refractivity contribution >= 4 is 35.1 Å². The van der Waals surface area contributed by atoms with Gasteiger partial charge in [0.05, 0.1) is 29.1 Å². The molecule has 17 nitrogen and oxygen atoms in total. The summed E-state index contributed by atoms with van der Waals surface area (Å²) in [6.07, 6.45) is 9.06. The molecule has 51 heavy (non-hydrogen) atoms. The predicted octanol–water partition coefficient (Wildman–Crippen LogP) is 2.84. The smallest absolute Gasteiger partial charge is 0.337 e. The summed E-state index contributed by atoms with van der Waals surface area (Å²) in [5.41, 5.74) is 3.73. The van der Waals surface area contributed by atoms with Gasteiger partial charge in [-0.25, -0.2) is 23.5 Å². The van der Waals surface area contributed by atoms with Crippen molar-refractivity contribution in [2.24, 2.45) is 5.73 Å². The number of primary amides is 1. The number of amides is 3. The maximum Gasteiger partial charge on any atom is 0.337 e. The van der Waals surface area contributed by atoms with Crippen LogP contribution in [0.25, 0.3) is 11.6 Å². The van der Waals surface area contributed by atoms with Crippen molar-refractivity contribution in [3.63, 3.8) is 0 Å². The Morgan fingerprint density at radius 2 is 1.29 bits per heavy atom. The van der Waals surface area contributed by atoms with Gasteiger partial charge in [0.2, 0.25) is 0 Å². The molecule has 0 saturated carbocycles. The van der Waals surface area contributed by atoms with Gasteiger partial charge in [-0.05, 0) is 48.0 Å². The summed E-state index contributed by atoms with van der Waals surface area (Å²) in [6, 6.07) is 9.34. The molecule has 0 saturated heterocycles. The molecule has 0 fully saturated rings. The Morgan fingerprint density at radius 3 is 1.76 bits per heavy atom. The molecule has 6 aromatic rings. The number of carbonyl (C=O) groups is 4. The normalized spacial score (nSPS) is 10.8. The Kier molecular flexibility index (Phi) is 9.42. The minimum absolute atomic E-state index is 0.0503. The number of nitrogens with two attached hydrogens (primary N) is 1. The molecule has 0 spiro atoms. The number of imidazole rings is 2. The number of rotatable bonds is 12. The molecule has 0 aliphatic carbocycles. The summed E-state index contributed by atoms with van der Waals surface area (Å²) in [7, 11) is 0. The van der Waals surface area contributed by atoms with E-state index in [4.69, 9.17) is 10.5 Å². The summed E-state index contributed by atoms with van der Waals surface area (Å²) in [4.78, 5) is 57.5. The molecule has 0 atom stereocenters. The zero-order valence-corrected chi connectivity index (χ0v) is 25.9. The van der Waals surface area contributed by atoms with Gasteiger partial charge in [0.25, 0.3) is 17.7 Å². The third-order valence-corrected chi connectivity index (χ3v) is 7.18. The fourth-order valence-corrected chi connectivity index (χ4v) is 4.66. The number of anilines is 2. The van der Waals surface area contributed by atoms with Gasteiger partial charge in [-0.3, -0.25) is 23.5 Å². The van der Waals surface area contributed by atoms with Crippen molar-refractivity contribution in [2.45, 2.75) is 6.42 Å². The highest BCUT2D eigenvalue weighted by atomic mass is 19.1. The van der Waals surface area contributed by atoms with Gasteiger partial charge in [0.15, 0.2) is 34.6 Å². The van der Waals surface area contributed by atoms with E-state index in [1.807, 2.05) is 0 Å². The van der Waals surface area contributed by atoms with E-state index in [9.17, 15) is 28.7 Å². The van der Waals surface area contributed by atoms with Crippen LogP contribution in [0.4, 0.5) is 20.2 Å². The third kappa shape index (κ3) is 7.51. The van der Waals surface area contributed by atoms with Crippen LogP contribution in [0.5, 0.6) is 5.75 Å². The van der Waals surface area contributed by atoms with E-state index in [-0.39, 0.29) is 46.9 Å². The predicted molar refractivity (Wildman–Crippen MR) is 172 cm³/mol. The standard InChI is InChI=1S/C32H23F2N11O6/c33-20-12-18(29(35)46)24(38-30(47)22-1-3-27(42-40-22)44-8-6-36-15-44)11-17(20)5-10-51-26-14-25(19(32(49)50)13-21(26)34)39-31(48)23-2-4-28(43-41-23)45-9-7-37-16-45/h1-4,6-9,11-16H,5,10H2,(H2,35,46)(H,38,47)(H,39,48)(H,49,50). The molecule has 5 N–H and O–H groups in total. The molecular formula is C32H23F2N11O6. The number of ether oxygens (including phenoxy) is 1. The summed E-state index contributed by atoms with van der Waals surface area (Å²) < 4.78 is 38.6. The third-order valence-electron chi connectivity index (χ3n) is 7.18. The lowest BCUT2D eigenvalue weighted by molar-refractivity contribution is 0.0696. The molecule has 256 valence electrons. The first-order chi connectivity index (χ1) is 24.6. The van der Waals surface area contributed by atoms with Gasteiger partial charge in [0.1, 0.15) is 18.5 Å². The molecular weight excluding hydrogens is 672 g/mol. The topological polar surface area (TPSA) is 235 Å².